The molecule has 0 aliphatic heterocycles. The second kappa shape index (κ2) is 8.17. The van der Waals surface area contributed by atoms with E-state index in [-0.39, 0.29) is 5.91 Å². The number of halogens is 1. The molecule has 5 rings (SSSR count). The Kier molecular flexibility index (Phi) is 5.36. The number of hydrogen-bond acceptors (Lipinski definition) is 4. The summed E-state index contributed by atoms with van der Waals surface area (Å²) >= 11 is 5.07. The molecule has 0 radical (unpaired) electrons. The van der Waals surface area contributed by atoms with E-state index in [0.717, 1.165) is 56.0 Å². The molecule has 0 unspecified atom stereocenters. The van der Waals surface area contributed by atoms with Crippen LogP contribution in [0.3, 0.4) is 0 Å². The third kappa shape index (κ3) is 4.41. The molecule has 4 aromatic rings. The summed E-state index contributed by atoms with van der Waals surface area (Å²) in [5.74, 6) is 0.367. The molecule has 31 heavy (non-hydrogen) atoms. The molecule has 156 valence electrons. The van der Waals surface area contributed by atoms with Gasteiger partial charge in [-0.15, -0.1) is 11.3 Å². The van der Waals surface area contributed by atoms with Gasteiger partial charge in [0.2, 0.25) is 0 Å². The lowest BCUT2D eigenvalue weighted by atomic mass is 10.1. The molecule has 6 heteroatoms. The first kappa shape index (κ1) is 20.3. The lowest BCUT2D eigenvalue weighted by Gasteiger charge is -2.10. The van der Waals surface area contributed by atoms with Gasteiger partial charge in [0.25, 0.3) is 5.91 Å². The van der Waals surface area contributed by atoms with E-state index in [0.29, 0.717) is 11.5 Å². The van der Waals surface area contributed by atoms with Crippen LogP contribution in [0.4, 0.5) is 5.00 Å². The number of carbonyl (C=O) groups is 1. The van der Waals surface area contributed by atoms with Gasteiger partial charge in [0.05, 0.1) is 21.8 Å². The SMILES string of the molecule is Cc1ccc(Cc2nc(C)c(NC(=O)c3cc(C4CC4)nc4ccc(Br)cc34)s2)cc1. The zero-order valence-electron chi connectivity index (χ0n) is 17.4. The second-order valence-corrected chi connectivity index (χ2v) is 10.2. The third-order valence-electron chi connectivity index (χ3n) is 5.57. The first-order valence-electron chi connectivity index (χ1n) is 10.4. The van der Waals surface area contributed by atoms with E-state index in [1.54, 1.807) is 11.3 Å². The maximum atomic E-state index is 13.3. The Bertz CT molecular complexity index is 1290. The van der Waals surface area contributed by atoms with Crippen LogP contribution in [-0.4, -0.2) is 15.9 Å². The lowest BCUT2D eigenvalue weighted by molar-refractivity contribution is 0.102. The van der Waals surface area contributed by atoms with Gasteiger partial charge in [0, 0.05) is 27.9 Å². The van der Waals surface area contributed by atoms with E-state index in [2.05, 4.69) is 52.4 Å². The quantitative estimate of drug-likeness (QED) is 0.334. The van der Waals surface area contributed by atoms with Crippen molar-refractivity contribution in [1.82, 2.24) is 9.97 Å². The summed E-state index contributed by atoms with van der Waals surface area (Å²) in [6, 6.07) is 16.4. The van der Waals surface area contributed by atoms with Crippen LogP contribution in [0.15, 0.2) is 53.0 Å². The molecular weight excluding hydrogens is 470 g/mol. The molecule has 1 N–H and O–H groups in total. The summed E-state index contributed by atoms with van der Waals surface area (Å²) in [6.07, 6.45) is 3.05. The van der Waals surface area contributed by atoms with E-state index >= 15 is 0 Å². The molecule has 1 aliphatic carbocycles. The van der Waals surface area contributed by atoms with Crippen molar-refractivity contribution < 1.29 is 4.79 Å². The largest absolute Gasteiger partial charge is 0.312 e. The highest BCUT2D eigenvalue weighted by molar-refractivity contribution is 9.10. The number of thiazole rings is 1. The van der Waals surface area contributed by atoms with Gasteiger partial charge in [-0.1, -0.05) is 45.8 Å². The van der Waals surface area contributed by atoms with Gasteiger partial charge in [0.15, 0.2) is 0 Å². The monoisotopic (exact) mass is 491 g/mol. The molecule has 0 spiro atoms. The number of rotatable bonds is 5. The summed E-state index contributed by atoms with van der Waals surface area (Å²) in [5.41, 5.74) is 5.86. The molecule has 1 saturated carbocycles. The number of nitrogens with zero attached hydrogens (tertiary/aromatic N) is 2. The Morgan fingerprint density at radius 2 is 1.87 bits per heavy atom. The zero-order valence-corrected chi connectivity index (χ0v) is 19.8. The average molecular weight is 492 g/mol. The van der Waals surface area contributed by atoms with Gasteiger partial charge in [-0.2, -0.15) is 0 Å². The Morgan fingerprint density at radius 1 is 1.10 bits per heavy atom. The maximum absolute atomic E-state index is 13.3. The normalized spacial score (nSPS) is 13.5. The molecule has 4 nitrogen and oxygen atoms in total. The van der Waals surface area contributed by atoms with Crippen molar-refractivity contribution in [3.05, 3.63) is 86.1 Å². The number of aryl methyl sites for hydroxylation is 2. The van der Waals surface area contributed by atoms with Gasteiger partial charge >= 0.3 is 0 Å². The van der Waals surface area contributed by atoms with Gasteiger partial charge < -0.3 is 5.32 Å². The molecule has 1 amide bonds. The fraction of sp³-hybridized carbons (Fsp3) is 0.240. The number of anilines is 1. The van der Waals surface area contributed by atoms with E-state index in [1.807, 2.05) is 31.2 Å². The number of fused-ring (bicyclic) bond motifs is 1. The Hall–Kier alpha value is -2.57. The highest BCUT2D eigenvalue weighted by Gasteiger charge is 2.27. The van der Waals surface area contributed by atoms with E-state index in [9.17, 15) is 4.79 Å². The molecule has 2 aromatic heterocycles. The molecule has 2 heterocycles. The molecular formula is C25H22BrN3OS. The number of benzene rings is 2. The average Bonchev–Trinajstić information content (AvgIpc) is 3.54. The summed E-state index contributed by atoms with van der Waals surface area (Å²) in [6.45, 7) is 4.03. The maximum Gasteiger partial charge on any atom is 0.257 e. The second-order valence-electron chi connectivity index (χ2n) is 8.17. The van der Waals surface area contributed by atoms with Crippen molar-refractivity contribution in [2.24, 2.45) is 0 Å². The number of amides is 1. The molecule has 2 aromatic carbocycles. The van der Waals surface area contributed by atoms with Crippen molar-refractivity contribution in [2.45, 2.75) is 39.0 Å². The molecule has 0 bridgehead atoms. The summed E-state index contributed by atoms with van der Waals surface area (Å²) < 4.78 is 0.935. The van der Waals surface area contributed by atoms with Crippen LogP contribution >= 0.6 is 27.3 Å². The van der Waals surface area contributed by atoms with Crippen LogP contribution in [0, 0.1) is 13.8 Å². The predicted molar refractivity (Wildman–Crippen MR) is 130 cm³/mol. The highest BCUT2D eigenvalue weighted by Crippen LogP contribution is 2.40. The fourth-order valence-electron chi connectivity index (χ4n) is 3.69. The van der Waals surface area contributed by atoms with Crippen molar-refractivity contribution in [3.8, 4) is 0 Å². The van der Waals surface area contributed by atoms with Gasteiger partial charge in [0.1, 0.15) is 5.00 Å². The smallest absolute Gasteiger partial charge is 0.257 e. The van der Waals surface area contributed by atoms with E-state index in [1.165, 1.54) is 11.1 Å². The number of hydrogen-bond donors (Lipinski definition) is 1. The van der Waals surface area contributed by atoms with Crippen LogP contribution in [0.25, 0.3) is 10.9 Å². The van der Waals surface area contributed by atoms with Gasteiger partial charge in [-0.25, -0.2) is 4.98 Å². The lowest BCUT2D eigenvalue weighted by Crippen LogP contribution is -2.13. The van der Waals surface area contributed by atoms with Crippen LogP contribution < -0.4 is 5.32 Å². The minimum atomic E-state index is -0.110. The Balaban J connectivity index is 1.44. The summed E-state index contributed by atoms with van der Waals surface area (Å²) in [4.78, 5) is 22.8. The summed E-state index contributed by atoms with van der Waals surface area (Å²) in [7, 11) is 0. The van der Waals surface area contributed by atoms with Crippen LogP contribution in [0.5, 0.6) is 0 Å². The zero-order chi connectivity index (χ0) is 21.5. The number of aromatic nitrogens is 2. The number of carbonyl (C=O) groups excluding carboxylic acids is 1. The van der Waals surface area contributed by atoms with Crippen molar-refractivity contribution >= 4 is 49.1 Å². The third-order valence-corrected chi connectivity index (χ3v) is 7.14. The standard InChI is InChI=1S/C25H22BrN3OS/c1-14-3-5-16(6-4-14)11-23-27-15(2)25(31-23)29-24(30)20-13-22(17-7-8-17)28-21-10-9-18(26)12-19(20)21/h3-6,9-10,12-13,17H,7-8,11H2,1-2H3,(H,29,30). The first-order valence-corrected chi connectivity index (χ1v) is 12.0. The van der Waals surface area contributed by atoms with E-state index in [4.69, 9.17) is 9.97 Å². The van der Waals surface area contributed by atoms with E-state index < -0.39 is 0 Å². The minimum Gasteiger partial charge on any atom is -0.312 e. The van der Waals surface area contributed by atoms with Crippen LogP contribution in [0.2, 0.25) is 0 Å². The van der Waals surface area contributed by atoms with Gasteiger partial charge in [-0.3, -0.25) is 9.78 Å². The molecule has 1 aliphatic rings. The minimum absolute atomic E-state index is 0.110. The molecule has 0 atom stereocenters. The molecule has 0 saturated heterocycles. The molecule has 1 fully saturated rings. The predicted octanol–water partition coefficient (Wildman–Crippen LogP) is 6.79. The number of pyridine rings is 1. The van der Waals surface area contributed by atoms with Crippen molar-refractivity contribution in [2.75, 3.05) is 5.32 Å². The Labute approximate surface area is 193 Å². The fourth-order valence-corrected chi connectivity index (χ4v) is 5.04. The van der Waals surface area contributed by atoms with Gasteiger partial charge in [-0.05, 0) is 56.5 Å². The van der Waals surface area contributed by atoms with Crippen molar-refractivity contribution in [3.63, 3.8) is 0 Å². The highest BCUT2D eigenvalue weighted by atomic mass is 79.9. The van der Waals surface area contributed by atoms with Crippen LogP contribution in [0.1, 0.15) is 56.6 Å². The number of nitrogens with one attached hydrogen (secondary N) is 1. The topological polar surface area (TPSA) is 54.9 Å². The Morgan fingerprint density at radius 3 is 2.61 bits per heavy atom. The van der Waals surface area contributed by atoms with Crippen molar-refractivity contribution in [1.29, 1.82) is 0 Å². The summed E-state index contributed by atoms with van der Waals surface area (Å²) in [5, 5.41) is 5.78. The van der Waals surface area contributed by atoms with Crippen LogP contribution in [-0.2, 0) is 6.42 Å². The first-order chi connectivity index (χ1) is 15.0.